The minimum atomic E-state index is -0.856. The summed E-state index contributed by atoms with van der Waals surface area (Å²) in [6, 6.07) is 19.4. The molecule has 0 bridgehead atoms. The first-order chi connectivity index (χ1) is 17.4. The van der Waals surface area contributed by atoms with Crippen molar-refractivity contribution in [1.29, 1.82) is 0 Å². The smallest absolute Gasteiger partial charge is 0.240 e. The fraction of sp³-hybridized carbons (Fsp3) is 0.172. The third kappa shape index (κ3) is 3.25. The molecule has 36 heavy (non-hydrogen) atoms. The molecule has 178 valence electrons. The van der Waals surface area contributed by atoms with E-state index in [0.717, 1.165) is 11.3 Å². The predicted octanol–water partition coefficient (Wildman–Crippen LogP) is 4.82. The van der Waals surface area contributed by atoms with Gasteiger partial charge in [-0.25, -0.2) is 4.90 Å². The van der Waals surface area contributed by atoms with Crippen molar-refractivity contribution < 1.29 is 19.2 Å². The maximum Gasteiger partial charge on any atom is 0.240 e. The van der Waals surface area contributed by atoms with Crippen molar-refractivity contribution in [1.82, 2.24) is 0 Å². The van der Waals surface area contributed by atoms with Crippen LogP contribution in [0.25, 0.3) is 6.08 Å². The van der Waals surface area contributed by atoms with E-state index in [2.05, 4.69) is 0 Å². The van der Waals surface area contributed by atoms with Crippen LogP contribution >= 0.6 is 11.6 Å². The van der Waals surface area contributed by atoms with E-state index in [9.17, 15) is 19.2 Å². The minimum Gasteiger partial charge on any atom is -0.352 e. The highest BCUT2D eigenvalue weighted by atomic mass is 35.5. The molecule has 2 saturated heterocycles. The molecule has 6 rings (SSSR count). The summed E-state index contributed by atoms with van der Waals surface area (Å²) in [4.78, 5) is 56.4. The van der Waals surface area contributed by atoms with Crippen LogP contribution in [0.2, 0.25) is 5.02 Å². The molecule has 3 aliphatic heterocycles. The van der Waals surface area contributed by atoms with Crippen molar-refractivity contribution in [2.75, 3.05) is 9.80 Å². The van der Waals surface area contributed by atoms with E-state index >= 15 is 0 Å². The van der Waals surface area contributed by atoms with Crippen LogP contribution in [0.3, 0.4) is 0 Å². The Balaban J connectivity index is 1.46. The Morgan fingerprint density at radius 2 is 1.44 bits per heavy atom. The number of rotatable bonds is 4. The van der Waals surface area contributed by atoms with E-state index in [0.29, 0.717) is 21.8 Å². The zero-order chi connectivity index (χ0) is 25.1. The molecule has 3 aromatic carbocycles. The number of hydrogen-bond donors (Lipinski definition) is 0. The van der Waals surface area contributed by atoms with E-state index in [1.165, 1.54) is 11.8 Å². The Hall–Kier alpha value is -4.03. The Morgan fingerprint density at radius 3 is 2.14 bits per heavy atom. The average Bonchev–Trinajstić information content (AvgIpc) is 3.37. The number of ketones is 2. The van der Waals surface area contributed by atoms with Gasteiger partial charge in [-0.3, -0.25) is 19.2 Å². The number of carbonyl (C=O) groups excluding carboxylic acids is 4. The van der Waals surface area contributed by atoms with Gasteiger partial charge < -0.3 is 4.90 Å². The molecule has 0 radical (unpaired) electrons. The van der Waals surface area contributed by atoms with E-state index in [1.807, 2.05) is 41.3 Å². The van der Waals surface area contributed by atoms with Crippen molar-refractivity contribution in [2.24, 2.45) is 11.8 Å². The van der Waals surface area contributed by atoms with Crippen molar-refractivity contribution in [2.45, 2.75) is 19.0 Å². The third-order valence-electron chi connectivity index (χ3n) is 7.34. The van der Waals surface area contributed by atoms with Gasteiger partial charge in [0.15, 0.2) is 11.6 Å². The lowest BCUT2D eigenvalue weighted by molar-refractivity contribution is -0.122. The lowest BCUT2D eigenvalue weighted by Crippen LogP contribution is -2.48. The van der Waals surface area contributed by atoms with Gasteiger partial charge in [0.25, 0.3) is 0 Å². The number of hydrogen-bond acceptors (Lipinski definition) is 5. The Kier molecular flexibility index (Phi) is 5.16. The lowest BCUT2D eigenvalue weighted by Gasteiger charge is -2.36. The second-order valence-electron chi connectivity index (χ2n) is 9.30. The number of benzene rings is 3. The van der Waals surface area contributed by atoms with Crippen LogP contribution in [0.4, 0.5) is 11.4 Å². The zero-order valence-corrected chi connectivity index (χ0v) is 20.1. The van der Waals surface area contributed by atoms with Gasteiger partial charge >= 0.3 is 0 Å². The van der Waals surface area contributed by atoms with Gasteiger partial charge in [-0.15, -0.1) is 0 Å². The van der Waals surface area contributed by atoms with Gasteiger partial charge in [-0.1, -0.05) is 42.0 Å². The molecular formula is C29H21ClN2O4. The normalized spacial score (nSPS) is 23.9. The number of Topliss-reactive ketones (excluding diaryl/α,β-unsaturated/α-hetero) is 2. The molecule has 2 fully saturated rings. The number of fused-ring (bicyclic) bond motifs is 5. The highest BCUT2D eigenvalue weighted by Crippen LogP contribution is 2.49. The third-order valence-corrected chi connectivity index (χ3v) is 7.60. The number of anilines is 2. The van der Waals surface area contributed by atoms with E-state index in [4.69, 9.17) is 11.6 Å². The molecule has 7 heteroatoms. The molecule has 0 unspecified atom stereocenters. The first-order valence-corrected chi connectivity index (χ1v) is 12.1. The van der Waals surface area contributed by atoms with Gasteiger partial charge in [0.2, 0.25) is 11.8 Å². The number of amides is 2. The zero-order valence-electron chi connectivity index (χ0n) is 19.3. The van der Waals surface area contributed by atoms with E-state index in [-0.39, 0.29) is 17.5 Å². The van der Waals surface area contributed by atoms with Crippen LogP contribution in [0, 0.1) is 11.8 Å². The Labute approximate surface area is 212 Å². The summed E-state index contributed by atoms with van der Waals surface area (Å²) in [5.41, 5.74) is 3.07. The SMILES string of the molecule is CC(=O)c1ccc(N2C(=O)[C@@H]3[C@H](C2=O)[C@@H]2C=Cc4ccccc4N2[C@@H]3C(=O)c2ccc(Cl)cc2)cc1. The Bertz CT molecular complexity index is 1460. The van der Waals surface area contributed by atoms with Gasteiger partial charge in [0.1, 0.15) is 6.04 Å². The second kappa shape index (κ2) is 8.28. The molecule has 0 N–H and O–H groups in total. The first kappa shape index (κ1) is 22.4. The van der Waals surface area contributed by atoms with Gasteiger partial charge in [0.05, 0.1) is 23.6 Å². The molecule has 4 atom stereocenters. The van der Waals surface area contributed by atoms with Crippen LogP contribution in [-0.4, -0.2) is 35.5 Å². The highest BCUT2D eigenvalue weighted by Gasteiger charge is 2.64. The lowest BCUT2D eigenvalue weighted by atomic mass is 9.86. The molecular weight excluding hydrogens is 476 g/mol. The number of nitrogens with zero attached hydrogens (tertiary/aromatic N) is 2. The van der Waals surface area contributed by atoms with E-state index in [1.54, 1.807) is 48.5 Å². The van der Waals surface area contributed by atoms with Crippen LogP contribution in [0.15, 0.2) is 78.9 Å². The van der Waals surface area contributed by atoms with Crippen molar-refractivity contribution in [3.8, 4) is 0 Å². The molecule has 2 amide bonds. The average molecular weight is 497 g/mol. The van der Waals surface area contributed by atoms with Gasteiger partial charge in [-0.05, 0) is 67.1 Å². The molecule has 6 nitrogen and oxygen atoms in total. The number of para-hydroxylation sites is 1. The highest BCUT2D eigenvalue weighted by molar-refractivity contribution is 6.30. The van der Waals surface area contributed by atoms with Crippen LogP contribution in [-0.2, 0) is 9.59 Å². The molecule has 0 aliphatic carbocycles. The fourth-order valence-corrected chi connectivity index (χ4v) is 5.82. The molecule has 3 heterocycles. The molecule has 0 aromatic heterocycles. The summed E-state index contributed by atoms with van der Waals surface area (Å²) in [5.74, 6) is -2.65. The molecule has 3 aliphatic rings. The number of imide groups is 1. The van der Waals surface area contributed by atoms with Crippen molar-refractivity contribution in [3.05, 3.63) is 101 Å². The standard InChI is InChI=1S/C29H21ClN2O4/c1-16(33)17-8-13-21(14-9-17)31-28(35)24-23-15-10-18-4-2-3-5-22(18)32(23)26(25(24)29(31)36)27(34)19-6-11-20(30)12-7-19/h2-15,23-26H,1H3/t23-,24+,25+,26-/m0/s1. The van der Waals surface area contributed by atoms with Crippen molar-refractivity contribution >= 4 is 52.4 Å². The summed E-state index contributed by atoms with van der Waals surface area (Å²) in [7, 11) is 0. The summed E-state index contributed by atoms with van der Waals surface area (Å²) >= 11 is 6.05. The maximum atomic E-state index is 14.0. The fourth-order valence-electron chi connectivity index (χ4n) is 5.70. The van der Waals surface area contributed by atoms with Crippen LogP contribution in [0.1, 0.15) is 33.2 Å². The number of carbonyl (C=O) groups is 4. The maximum absolute atomic E-state index is 14.0. The minimum absolute atomic E-state index is 0.104. The molecule has 3 aromatic rings. The summed E-state index contributed by atoms with van der Waals surface area (Å²) in [6.45, 7) is 1.46. The number of halogens is 1. The van der Waals surface area contributed by atoms with Crippen molar-refractivity contribution in [3.63, 3.8) is 0 Å². The Morgan fingerprint density at radius 1 is 0.806 bits per heavy atom. The molecule has 0 saturated carbocycles. The van der Waals surface area contributed by atoms with Gasteiger partial charge in [-0.2, -0.15) is 0 Å². The first-order valence-electron chi connectivity index (χ1n) is 11.7. The molecule has 0 spiro atoms. The van der Waals surface area contributed by atoms with Gasteiger partial charge in [0, 0.05) is 21.8 Å². The van der Waals surface area contributed by atoms with Crippen LogP contribution < -0.4 is 9.80 Å². The predicted molar refractivity (Wildman–Crippen MR) is 137 cm³/mol. The van der Waals surface area contributed by atoms with Crippen LogP contribution in [0.5, 0.6) is 0 Å². The largest absolute Gasteiger partial charge is 0.352 e. The summed E-state index contributed by atoms with van der Waals surface area (Å²) in [6.07, 6.45) is 3.87. The second-order valence-corrected chi connectivity index (χ2v) is 9.73. The topological polar surface area (TPSA) is 74.8 Å². The monoisotopic (exact) mass is 496 g/mol. The summed E-state index contributed by atoms with van der Waals surface area (Å²) < 4.78 is 0. The quantitative estimate of drug-likeness (QED) is 0.382. The summed E-state index contributed by atoms with van der Waals surface area (Å²) in [5, 5.41) is 0.507. The van der Waals surface area contributed by atoms with E-state index < -0.39 is 29.8 Å².